The summed E-state index contributed by atoms with van der Waals surface area (Å²) in [5.41, 5.74) is 0. The van der Waals surface area contributed by atoms with Crippen molar-refractivity contribution < 1.29 is 0 Å². The van der Waals surface area contributed by atoms with Gasteiger partial charge < -0.3 is 10.6 Å². The fourth-order valence-electron chi connectivity index (χ4n) is 1.21. The molecule has 0 fully saturated rings. The van der Waals surface area contributed by atoms with Crippen LogP contribution in [0.25, 0.3) is 0 Å². The molecule has 0 atom stereocenters. The lowest BCUT2D eigenvalue weighted by Gasteiger charge is -2.15. The Morgan fingerprint density at radius 1 is 0.857 bits per heavy atom. The van der Waals surface area contributed by atoms with Crippen LogP contribution in [0.15, 0.2) is 9.98 Å². The molecule has 78 valence electrons. The Morgan fingerprint density at radius 3 is 1.71 bits per heavy atom. The summed E-state index contributed by atoms with van der Waals surface area (Å²) in [6.07, 6.45) is 2.29. The highest BCUT2D eigenvalue weighted by Gasteiger charge is 2.09. The molecule has 2 N–H and O–H groups in total. The molecular formula is C8H14N4S2. The van der Waals surface area contributed by atoms with Crippen LogP contribution in [0.3, 0.4) is 0 Å². The zero-order chi connectivity index (χ0) is 9.64. The normalized spacial score (nSPS) is 21.7. The van der Waals surface area contributed by atoms with Gasteiger partial charge in [-0.25, -0.2) is 0 Å². The molecule has 0 bridgehead atoms. The standard InChI is InChI=1S/C8H14N4S2/c1-3-9-7(10-4-1)13-14-8-11-5-2-6-12-8/h1-6H2,(H,9,10)(H,11,12). The maximum absolute atomic E-state index is 4.38. The molecule has 4 nitrogen and oxygen atoms in total. The summed E-state index contributed by atoms with van der Waals surface area (Å²) in [4.78, 5) is 8.76. The number of hydrogen-bond donors (Lipinski definition) is 2. The highest BCUT2D eigenvalue weighted by atomic mass is 33.1. The number of rotatable bonds is 0. The Bertz CT molecular complexity index is 226. The molecule has 0 radical (unpaired) electrons. The summed E-state index contributed by atoms with van der Waals surface area (Å²) >= 11 is 0. The summed E-state index contributed by atoms with van der Waals surface area (Å²) in [5, 5.41) is 8.61. The van der Waals surface area contributed by atoms with Gasteiger partial charge in [0.25, 0.3) is 0 Å². The number of nitrogens with one attached hydrogen (secondary N) is 2. The van der Waals surface area contributed by atoms with E-state index in [1.807, 2.05) is 0 Å². The van der Waals surface area contributed by atoms with Crippen LogP contribution in [0.1, 0.15) is 12.8 Å². The third kappa shape index (κ3) is 3.09. The van der Waals surface area contributed by atoms with Crippen molar-refractivity contribution in [3.8, 4) is 0 Å². The predicted octanol–water partition coefficient (Wildman–Crippen LogP) is 1.07. The molecule has 0 unspecified atom stereocenters. The van der Waals surface area contributed by atoms with Gasteiger partial charge in [0.05, 0.1) is 0 Å². The van der Waals surface area contributed by atoms with Crippen molar-refractivity contribution >= 4 is 31.9 Å². The minimum atomic E-state index is 0.954. The van der Waals surface area contributed by atoms with E-state index in [4.69, 9.17) is 0 Å². The third-order valence-corrected chi connectivity index (χ3v) is 4.08. The number of nitrogens with zero attached hydrogens (tertiary/aromatic N) is 2. The summed E-state index contributed by atoms with van der Waals surface area (Å²) in [7, 11) is 3.33. The highest BCUT2D eigenvalue weighted by molar-refractivity contribution is 8.87. The van der Waals surface area contributed by atoms with E-state index >= 15 is 0 Å². The minimum absolute atomic E-state index is 0.954. The second-order valence-corrected chi connectivity index (χ2v) is 5.21. The van der Waals surface area contributed by atoms with Crippen molar-refractivity contribution in [1.82, 2.24) is 10.6 Å². The lowest BCUT2D eigenvalue weighted by atomic mass is 10.4. The van der Waals surface area contributed by atoms with Gasteiger partial charge in [-0.15, -0.1) is 0 Å². The molecule has 0 aliphatic carbocycles. The molecule has 0 aromatic heterocycles. The molecule has 0 aromatic rings. The van der Waals surface area contributed by atoms with Gasteiger partial charge in [-0.2, -0.15) is 0 Å². The van der Waals surface area contributed by atoms with Gasteiger partial charge in [-0.05, 0) is 34.4 Å². The van der Waals surface area contributed by atoms with Crippen LogP contribution < -0.4 is 10.6 Å². The predicted molar refractivity (Wildman–Crippen MR) is 65.0 cm³/mol. The van der Waals surface area contributed by atoms with Crippen molar-refractivity contribution in [3.05, 3.63) is 0 Å². The van der Waals surface area contributed by atoms with E-state index in [1.54, 1.807) is 21.6 Å². The average Bonchev–Trinajstić information content (AvgIpc) is 2.29. The number of hydrogen-bond acceptors (Lipinski definition) is 6. The van der Waals surface area contributed by atoms with Gasteiger partial charge in [-0.3, -0.25) is 9.98 Å². The van der Waals surface area contributed by atoms with E-state index in [1.165, 1.54) is 0 Å². The zero-order valence-corrected chi connectivity index (χ0v) is 9.59. The first-order valence-electron chi connectivity index (χ1n) is 4.86. The van der Waals surface area contributed by atoms with Crippen molar-refractivity contribution in [1.29, 1.82) is 0 Å². The zero-order valence-electron chi connectivity index (χ0n) is 7.95. The lowest BCUT2D eigenvalue weighted by molar-refractivity contribution is 0.751. The largest absolute Gasteiger partial charge is 0.364 e. The van der Waals surface area contributed by atoms with Crippen molar-refractivity contribution in [2.75, 3.05) is 26.2 Å². The molecule has 14 heavy (non-hydrogen) atoms. The smallest absolute Gasteiger partial charge is 0.167 e. The van der Waals surface area contributed by atoms with Gasteiger partial charge in [0, 0.05) is 26.2 Å². The Hall–Kier alpha value is -0.360. The monoisotopic (exact) mass is 230 g/mol. The van der Waals surface area contributed by atoms with E-state index in [-0.39, 0.29) is 0 Å². The summed E-state index contributed by atoms with van der Waals surface area (Å²) in [5.74, 6) is 0. The van der Waals surface area contributed by atoms with Crippen molar-refractivity contribution in [2.24, 2.45) is 9.98 Å². The second kappa shape index (κ2) is 5.50. The first-order chi connectivity index (χ1) is 6.95. The molecule has 2 aliphatic heterocycles. The molecule has 0 saturated carbocycles. The topological polar surface area (TPSA) is 48.8 Å². The average molecular weight is 230 g/mol. The highest BCUT2D eigenvalue weighted by Crippen LogP contribution is 2.24. The van der Waals surface area contributed by atoms with Crippen LogP contribution in [0.2, 0.25) is 0 Å². The first kappa shape index (κ1) is 10.2. The number of amidine groups is 2. The van der Waals surface area contributed by atoms with E-state index in [2.05, 4.69) is 20.6 Å². The summed E-state index contributed by atoms with van der Waals surface area (Å²) in [6, 6.07) is 0. The molecule has 2 heterocycles. The van der Waals surface area contributed by atoms with Gasteiger partial charge in [0.1, 0.15) is 0 Å². The van der Waals surface area contributed by atoms with Gasteiger partial charge in [-0.1, -0.05) is 0 Å². The van der Waals surface area contributed by atoms with E-state index in [0.717, 1.165) is 49.4 Å². The van der Waals surface area contributed by atoms with Crippen LogP contribution in [-0.4, -0.2) is 36.5 Å². The Kier molecular flexibility index (Phi) is 4.00. The summed E-state index contributed by atoms with van der Waals surface area (Å²) in [6.45, 7) is 4.00. The molecule has 2 rings (SSSR count). The molecule has 2 aliphatic rings. The van der Waals surface area contributed by atoms with Crippen molar-refractivity contribution in [3.63, 3.8) is 0 Å². The second-order valence-electron chi connectivity index (χ2n) is 3.10. The van der Waals surface area contributed by atoms with Crippen molar-refractivity contribution in [2.45, 2.75) is 12.8 Å². The van der Waals surface area contributed by atoms with Crippen LogP contribution in [0.5, 0.6) is 0 Å². The SMILES string of the molecule is C1CN=C(SSC2=NCCCN2)NC1. The maximum atomic E-state index is 4.38. The lowest BCUT2D eigenvalue weighted by Crippen LogP contribution is -2.28. The first-order valence-corrected chi connectivity index (χ1v) is 7.01. The molecular weight excluding hydrogens is 216 g/mol. The fraction of sp³-hybridized carbons (Fsp3) is 0.750. The summed E-state index contributed by atoms with van der Waals surface area (Å²) < 4.78 is 0. The van der Waals surface area contributed by atoms with Crippen LogP contribution in [-0.2, 0) is 0 Å². The molecule has 6 heteroatoms. The molecule has 0 aromatic carbocycles. The van der Waals surface area contributed by atoms with E-state index in [9.17, 15) is 0 Å². The van der Waals surface area contributed by atoms with E-state index < -0.39 is 0 Å². The van der Waals surface area contributed by atoms with Gasteiger partial charge in [0.15, 0.2) is 10.3 Å². The minimum Gasteiger partial charge on any atom is -0.364 e. The molecule has 0 spiro atoms. The Morgan fingerprint density at radius 2 is 1.36 bits per heavy atom. The van der Waals surface area contributed by atoms with Gasteiger partial charge >= 0.3 is 0 Å². The van der Waals surface area contributed by atoms with Crippen LogP contribution in [0, 0.1) is 0 Å². The fourth-order valence-corrected chi connectivity index (χ4v) is 3.12. The van der Waals surface area contributed by atoms with Crippen LogP contribution >= 0.6 is 21.6 Å². The molecule has 0 amide bonds. The third-order valence-electron chi connectivity index (χ3n) is 1.93. The molecule has 0 saturated heterocycles. The quantitative estimate of drug-likeness (QED) is 0.611. The van der Waals surface area contributed by atoms with Crippen LogP contribution in [0.4, 0.5) is 0 Å². The maximum Gasteiger partial charge on any atom is 0.167 e. The van der Waals surface area contributed by atoms with Gasteiger partial charge in [0.2, 0.25) is 0 Å². The van der Waals surface area contributed by atoms with E-state index in [0.29, 0.717) is 0 Å². The number of aliphatic imine (C=N–C) groups is 2. The Balaban J connectivity index is 1.75. The Labute approximate surface area is 91.8 Å².